The summed E-state index contributed by atoms with van der Waals surface area (Å²) in [4.78, 5) is 6.86. The van der Waals surface area contributed by atoms with Crippen LogP contribution in [-0.4, -0.2) is 47.4 Å². The normalized spacial score (nSPS) is 25.9. The molecule has 0 aromatic carbocycles. The second-order valence-corrected chi connectivity index (χ2v) is 6.21. The number of piperidine rings is 1. The Balaban J connectivity index is 1.50. The van der Waals surface area contributed by atoms with Crippen molar-refractivity contribution in [2.24, 2.45) is 5.73 Å². The molecule has 0 spiro atoms. The molecule has 2 aliphatic heterocycles. The Kier molecular flexibility index (Phi) is 5.22. The fourth-order valence-electron chi connectivity index (χ4n) is 3.17. The van der Waals surface area contributed by atoms with Gasteiger partial charge in [-0.25, -0.2) is 0 Å². The number of hydrogen-bond acceptors (Lipinski definition) is 6. The van der Waals surface area contributed by atoms with Crippen molar-refractivity contribution in [2.75, 3.05) is 26.2 Å². The van der Waals surface area contributed by atoms with Gasteiger partial charge >= 0.3 is 0 Å². The van der Waals surface area contributed by atoms with Crippen LogP contribution in [0.3, 0.4) is 0 Å². The molecule has 2 atom stereocenters. The lowest BCUT2D eigenvalue weighted by Crippen LogP contribution is -2.36. The first kappa shape index (κ1) is 14.9. The predicted octanol–water partition coefficient (Wildman–Crippen LogP) is 1.67. The zero-order valence-electron chi connectivity index (χ0n) is 12.7. The summed E-state index contributed by atoms with van der Waals surface area (Å²) in [5.74, 6) is 1.29. The van der Waals surface area contributed by atoms with Gasteiger partial charge in [-0.1, -0.05) is 11.6 Å². The standard InChI is InChI=1S/C15H26N4O2/c16-13(11-19-7-3-1-4-8-19)15-17-14(21-18-15)10-12-6-2-5-9-20-12/h12-13H,1-11,16H2. The van der Waals surface area contributed by atoms with E-state index in [0.717, 1.165) is 39.1 Å². The quantitative estimate of drug-likeness (QED) is 0.890. The molecule has 2 saturated heterocycles. The van der Waals surface area contributed by atoms with Gasteiger partial charge in [0.2, 0.25) is 5.89 Å². The van der Waals surface area contributed by atoms with E-state index >= 15 is 0 Å². The largest absolute Gasteiger partial charge is 0.378 e. The minimum atomic E-state index is -0.159. The molecular weight excluding hydrogens is 268 g/mol. The van der Waals surface area contributed by atoms with Crippen LogP contribution in [0.2, 0.25) is 0 Å². The average Bonchev–Trinajstić information content (AvgIpc) is 2.98. The second-order valence-electron chi connectivity index (χ2n) is 6.21. The van der Waals surface area contributed by atoms with Crippen LogP contribution < -0.4 is 5.73 Å². The molecule has 0 saturated carbocycles. The summed E-state index contributed by atoms with van der Waals surface area (Å²) in [6.45, 7) is 3.93. The van der Waals surface area contributed by atoms with Gasteiger partial charge in [-0.05, 0) is 45.2 Å². The van der Waals surface area contributed by atoms with Crippen molar-refractivity contribution in [1.29, 1.82) is 0 Å². The van der Waals surface area contributed by atoms with Crippen molar-refractivity contribution in [3.63, 3.8) is 0 Å². The fourth-order valence-corrected chi connectivity index (χ4v) is 3.17. The molecule has 2 unspecified atom stereocenters. The van der Waals surface area contributed by atoms with Crippen LogP contribution in [0, 0.1) is 0 Å². The molecular formula is C15H26N4O2. The van der Waals surface area contributed by atoms with Gasteiger partial charge in [0.05, 0.1) is 18.6 Å². The van der Waals surface area contributed by atoms with Crippen molar-refractivity contribution in [1.82, 2.24) is 15.0 Å². The maximum absolute atomic E-state index is 6.21. The molecule has 3 rings (SSSR count). The molecule has 0 radical (unpaired) electrons. The van der Waals surface area contributed by atoms with Crippen LogP contribution in [0.15, 0.2) is 4.52 Å². The molecule has 0 aliphatic carbocycles. The van der Waals surface area contributed by atoms with Crippen LogP contribution in [0.4, 0.5) is 0 Å². The summed E-state index contributed by atoms with van der Waals surface area (Å²) in [5, 5.41) is 4.05. The number of ether oxygens (including phenoxy) is 1. The third-order valence-corrected chi connectivity index (χ3v) is 4.40. The van der Waals surface area contributed by atoms with Gasteiger partial charge in [-0.15, -0.1) is 0 Å². The van der Waals surface area contributed by atoms with E-state index in [0.29, 0.717) is 18.1 Å². The summed E-state index contributed by atoms with van der Waals surface area (Å²) in [7, 11) is 0. The van der Waals surface area contributed by atoms with Crippen LogP contribution in [0.1, 0.15) is 56.3 Å². The van der Waals surface area contributed by atoms with Crippen LogP contribution >= 0.6 is 0 Å². The molecule has 6 heteroatoms. The Bertz CT molecular complexity index is 425. The zero-order valence-corrected chi connectivity index (χ0v) is 12.7. The molecule has 1 aromatic heterocycles. The van der Waals surface area contributed by atoms with E-state index in [1.165, 1.54) is 25.7 Å². The highest BCUT2D eigenvalue weighted by molar-refractivity contribution is 4.95. The van der Waals surface area contributed by atoms with Crippen molar-refractivity contribution in [3.8, 4) is 0 Å². The summed E-state index contributed by atoms with van der Waals surface area (Å²) in [6.07, 6.45) is 8.27. The molecule has 6 nitrogen and oxygen atoms in total. The van der Waals surface area contributed by atoms with E-state index in [2.05, 4.69) is 15.0 Å². The van der Waals surface area contributed by atoms with E-state index in [4.69, 9.17) is 15.0 Å². The lowest BCUT2D eigenvalue weighted by molar-refractivity contribution is 0.0124. The predicted molar refractivity (Wildman–Crippen MR) is 78.8 cm³/mol. The maximum atomic E-state index is 6.21. The SMILES string of the molecule is NC(CN1CCCCC1)c1noc(CC2CCCCO2)n1. The van der Waals surface area contributed by atoms with Gasteiger partial charge in [0, 0.05) is 13.2 Å². The number of hydrogen-bond donors (Lipinski definition) is 1. The van der Waals surface area contributed by atoms with Crippen molar-refractivity contribution in [3.05, 3.63) is 11.7 Å². The molecule has 0 amide bonds. The van der Waals surface area contributed by atoms with Crippen molar-refractivity contribution < 1.29 is 9.26 Å². The number of nitrogens with zero attached hydrogens (tertiary/aromatic N) is 3. The van der Waals surface area contributed by atoms with Crippen LogP contribution in [-0.2, 0) is 11.2 Å². The molecule has 2 N–H and O–H groups in total. The number of likely N-dealkylation sites (tertiary alicyclic amines) is 1. The summed E-state index contributed by atoms with van der Waals surface area (Å²) in [5.41, 5.74) is 6.21. The highest BCUT2D eigenvalue weighted by atomic mass is 16.5. The summed E-state index contributed by atoms with van der Waals surface area (Å²) >= 11 is 0. The van der Waals surface area contributed by atoms with Crippen molar-refractivity contribution in [2.45, 2.75) is 57.1 Å². The first-order chi connectivity index (χ1) is 10.3. The van der Waals surface area contributed by atoms with Crippen LogP contribution in [0.25, 0.3) is 0 Å². The molecule has 1 aromatic rings. The van der Waals surface area contributed by atoms with Gasteiger partial charge in [0.15, 0.2) is 5.82 Å². The van der Waals surface area contributed by atoms with E-state index in [1.807, 2.05) is 0 Å². The summed E-state index contributed by atoms with van der Waals surface area (Å²) in [6, 6.07) is -0.159. The first-order valence-corrected chi connectivity index (χ1v) is 8.23. The van der Waals surface area contributed by atoms with Gasteiger partial charge in [0.25, 0.3) is 0 Å². The second kappa shape index (κ2) is 7.33. The zero-order chi connectivity index (χ0) is 14.5. The minimum absolute atomic E-state index is 0.159. The van der Waals surface area contributed by atoms with E-state index in [9.17, 15) is 0 Å². The van der Waals surface area contributed by atoms with Gasteiger partial charge in [-0.2, -0.15) is 4.98 Å². The smallest absolute Gasteiger partial charge is 0.229 e. The number of aromatic nitrogens is 2. The van der Waals surface area contributed by atoms with Gasteiger partial charge in [0.1, 0.15) is 0 Å². The Labute approximate surface area is 126 Å². The number of nitrogens with two attached hydrogens (primary N) is 1. The molecule has 2 fully saturated rings. The van der Waals surface area contributed by atoms with Gasteiger partial charge in [-0.3, -0.25) is 0 Å². The maximum Gasteiger partial charge on any atom is 0.229 e. The topological polar surface area (TPSA) is 77.4 Å². The molecule has 0 bridgehead atoms. The molecule has 3 heterocycles. The Morgan fingerprint density at radius 1 is 1.19 bits per heavy atom. The Morgan fingerprint density at radius 2 is 2.05 bits per heavy atom. The third kappa shape index (κ3) is 4.25. The Hall–Kier alpha value is -0.980. The highest BCUT2D eigenvalue weighted by Crippen LogP contribution is 2.18. The van der Waals surface area contributed by atoms with Gasteiger partial charge < -0.3 is 19.9 Å². The molecule has 21 heavy (non-hydrogen) atoms. The van der Waals surface area contributed by atoms with E-state index in [1.54, 1.807) is 0 Å². The van der Waals surface area contributed by atoms with Crippen LogP contribution in [0.5, 0.6) is 0 Å². The molecule has 2 aliphatic rings. The third-order valence-electron chi connectivity index (χ3n) is 4.40. The summed E-state index contributed by atoms with van der Waals surface area (Å²) < 4.78 is 11.0. The minimum Gasteiger partial charge on any atom is -0.378 e. The fraction of sp³-hybridized carbons (Fsp3) is 0.867. The van der Waals surface area contributed by atoms with E-state index < -0.39 is 0 Å². The average molecular weight is 294 g/mol. The monoisotopic (exact) mass is 294 g/mol. The highest BCUT2D eigenvalue weighted by Gasteiger charge is 2.22. The number of rotatable bonds is 5. The Morgan fingerprint density at radius 3 is 2.81 bits per heavy atom. The first-order valence-electron chi connectivity index (χ1n) is 8.23. The lowest BCUT2D eigenvalue weighted by Gasteiger charge is -2.27. The molecule has 118 valence electrons. The van der Waals surface area contributed by atoms with E-state index in [-0.39, 0.29) is 12.1 Å². The van der Waals surface area contributed by atoms with Crippen molar-refractivity contribution >= 4 is 0 Å². The lowest BCUT2D eigenvalue weighted by atomic mass is 10.1.